The number of nitriles is 1. The largest absolute Gasteiger partial charge is 0.299 e. The van der Waals surface area contributed by atoms with Gasteiger partial charge in [-0.05, 0) is 18.4 Å². The zero-order chi connectivity index (χ0) is 14.7. The van der Waals surface area contributed by atoms with Gasteiger partial charge in [0.2, 0.25) is 0 Å². The Kier molecular flexibility index (Phi) is 3.76. The van der Waals surface area contributed by atoms with E-state index >= 15 is 0 Å². The van der Waals surface area contributed by atoms with Crippen LogP contribution in [0.3, 0.4) is 0 Å². The highest BCUT2D eigenvalue weighted by Gasteiger charge is 2.36. The molecule has 0 atom stereocenters. The van der Waals surface area contributed by atoms with Crippen LogP contribution >= 0.6 is 0 Å². The van der Waals surface area contributed by atoms with Crippen molar-refractivity contribution in [3.63, 3.8) is 0 Å². The molecule has 2 heterocycles. The van der Waals surface area contributed by atoms with Crippen molar-refractivity contribution in [1.29, 1.82) is 5.26 Å². The predicted molar refractivity (Wildman–Crippen MR) is 81.5 cm³/mol. The summed E-state index contributed by atoms with van der Waals surface area (Å²) in [6.45, 7) is 2.83. The summed E-state index contributed by atoms with van der Waals surface area (Å²) in [5, 5.41) is 13.9. The molecule has 1 aromatic carbocycles. The van der Waals surface area contributed by atoms with Gasteiger partial charge in [0.15, 0.2) is 0 Å². The topological polar surface area (TPSA) is 44.9 Å². The van der Waals surface area contributed by atoms with Gasteiger partial charge in [-0.3, -0.25) is 9.58 Å². The Hall–Kier alpha value is -2.12. The lowest BCUT2D eigenvalue weighted by atomic mass is 9.74. The molecule has 1 aliphatic rings. The summed E-state index contributed by atoms with van der Waals surface area (Å²) >= 11 is 0. The maximum absolute atomic E-state index is 9.69. The Balaban J connectivity index is 1.68. The zero-order valence-corrected chi connectivity index (χ0v) is 12.4. The molecule has 4 heteroatoms. The molecule has 1 saturated heterocycles. The lowest BCUT2D eigenvalue weighted by Crippen LogP contribution is -2.41. The number of likely N-dealkylation sites (tertiary alicyclic amines) is 1. The van der Waals surface area contributed by atoms with Gasteiger partial charge < -0.3 is 0 Å². The van der Waals surface area contributed by atoms with Crippen molar-refractivity contribution in [2.75, 3.05) is 13.1 Å². The van der Waals surface area contributed by atoms with Gasteiger partial charge in [-0.15, -0.1) is 0 Å². The van der Waals surface area contributed by atoms with E-state index < -0.39 is 0 Å². The van der Waals surface area contributed by atoms with Crippen LogP contribution in [0, 0.1) is 11.3 Å². The van der Waals surface area contributed by atoms with Gasteiger partial charge >= 0.3 is 0 Å². The number of rotatable bonds is 3. The minimum absolute atomic E-state index is 0.313. The van der Waals surface area contributed by atoms with E-state index in [9.17, 15) is 5.26 Å². The summed E-state index contributed by atoms with van der Waals surface area (Å²) in [5.74, 6) is 0. The highest BCUT2D eigenvalue weighted by atomic mass is 15.2. The van der Waals surface area contributed by atoms with Gasteiger partial charge in [-0.1, -0.05) is 30.3 Å². The standard InChI is InChI=1S/C17H20N4/c1-20-12-15(11-19-20)13-21-9-7-17(14-18,8-10-21)16-5-3-2-4-6-16/h2-6,11-12H,7-10,13H2,1H3. The van der Waals surface area contributed by atoms with Crippen LogP contribution in [0.5, 0.6) is 0 Å². The number of nitrogens with zero attached hydrogens (tertiary/aromatic N) is 4. The number of hydrogen-bond donors (Lipinski definition) is 0. The van der Waals surface area contributed by atoms with Crippen LogP contribution in [0.25, 0.3) is 0 Å². The van der Waals surface area contributed by atoms with Crippen LogP contribution in [0.2, 0.25) is 0 Å². The van der Waals surface area contributed by atoms with E-state index in [0.29, 0.717) is 0 Å². The Morgan fingerprint density at radius 2 is 1.95 bits per heavy atom. The first-order valence-electron chi connectivity index (χ1n) is 7.38. The van der Waals surface area contributed by atoms with Gasteiger partial charge in [0.05, 0.1) is 17.7 Å². The molecular weight excluding hydrogens is 260 g/mol. The summed E-state index contributed by atoms with van der Waals surface area (Å²) in [4.78, 5) is 2.41. The molecule has 0 N–H and O–H groups in total. The fraction of sp³-hybridized carbons (Fsp3) is 0.412. The first-order chi connectivity index (χ1) is 10.2. The maximum Gasteiger partial charge on any atom is 0.0846 e. The molecule has 1 aromatic heterocycles. The maximum atomic E-state index is 9.69. The van der Waals surface area contributed by atoms with Crippen molar-refractivity contribution in [2.24, 2.45) is 7.05 Å². The van der Waals surface area contributed by atoms with Gasteiger partial charge in [0.1, 0.15) is 0 Å². The zero-order valence-electron chi connectivity index (χ0n) is 12.4. The first-order valence-corrected chi connectivity index (χ1v) is 7.38. The van der Waals surface area contributed by atoms with Crippen molar-refractivity contribution in [3.8, 4) is 6.07 Å². The molecule has 0 radical (unpaired) electrons. The Morgan fingerprint density at radius 3 is 2.52 bits per heavy atom. The van der Waals surface area contributed by atoms with E-state index in [1.807, 2.05) is 36.1 Å². The molecule has 0 spiro atoms. The molecule has 21 heavy (non-hydrogen) atoms. The number of aryl methyl sites for hydroxylation is 1. The number of benzene rings is 1. The molecule has 0 saturated carbocycles. The van der Waals surface area contributed by atoms with Crippen LogP contribution in [0.15, 0.2) is 42.7 Å². The fourth-order valence-electron chi connectivity index (χ4n) is 3.13. The summed E-state index contributed by atoms with van der Waals surface area (Å²) in [5.41, 5.74) is 2.09. The molecule has 108 valence electrons. The SMILES string of the molecule is Cn1cc(CN2CCC(C#N)(c3ccccc3)CC2)cn1. The summed E-state index contributed by atoms with van der Waals surface area (Å²) in [6, 6.07) is 12.8. The van der Waals surface area contributed by atoms with Crippen LogP contribution in [0.4, 0.5) is 0 Å². The Bertz CT molecular complexity index is 630. The second-order valence-electron chi connectivity index (χ2n) is 5.86. The second kappa shape index (κ2) is 5.71. The van der Waals surface area contributed by atoms with Crippen LogP contribution < -0.4 is 0 Å². The Morgan fingerprint density at radius 1 is 1.24 bits per heavy atom. The lowest BCUT2D eigenvalue weighted by molar-refractivity contribution is 0.179. The third-order valence-corrected chi connectivity index (χ3v) is 4.41. The van der Waals surface area contributed by atoms with E-state index in [0.717, 1.165) is 38.0 Å². The molecule has 1 fully saturated rings. The van der Waals surface area contributed by atoms with E-state index in [1.54, 1.807) is 0 Å². The highest BCUT2D eigenvalue weighted by molar-refractivity contribution is 5.33. The van der Waals surface area contributed by atoms with Crippen molar-refractivity contribution >= 4 is 0 Å². The van der Waals surface area contributed by atoms with E-state index in [-0.39, 0.29) is 5.41 Å². The average Bonchev–Trinajstić information content (AvgIpc) is 2.94. The van der Waals surface area contributed by atoms with Gasteiger partial charge in [-0.25, -0.2) is 0 Å². The third-order valence-electron chi connectivity index (χ3n) is 4.41. The van der Waals surface area contributed by atoms with Gasteiger partial charge in [0.25, 0.3) is 0 Å². The summed E-state index contributed by atoms with van der Waals surface area (Å²) in [6.07, 6.45) is 5.77. The molecule has 4 nitrogen and oxygen atoms in total. The van der Waals surface area contributed by atoms with Crippen molar-refractivity contribution in [3.05, 3.63) is 53.9 Å². The van der Waals surface area contributed by atoms with Crippen LogP contribution in [0.1, 0.15) is 24.0 Å². The minimum atomic E-state index is -0.313. The van der Waals surface area contributed by atoms with E-state index in [1.165, 1.54) is 5.56 Å². The normalized spacial score (nSPS) is 18.3. The first kappa shape index (κ1) is 13.8. The van der Waals surface area contributed by atoms with Crippen molar-refractivity contribution in [2.45, 2.75) is 24.8 Å². The number of piperidine rings is 1. The van der Waals surface area contributed by atoms with Crippen molar-refractivity contribution < 1.29 is 0 Å². The third kappa shape index (κ3) is 2.84. The summed E-state index contributed by atoms with van der Waals surface area (Å²) in [7, 11) is 1.94. The number of aromatic nitrogens is 2. The molecule has 0 bridgehead atoms. The van der Waals surface area contributed by atoms with Gasteiger partial charge in [0, 0.05) is 38.4 Å². The lowest BCUT2D eigenvalue weighted by Gasteiger charge is -2.37. The molecule has 0 unspecified atom stereocenters. The smallest absolute Gasteiger partial charge is 0.0846 e. The molecule has 3 rings (SSSR count). The molecule has 0 amide bonds. The van der Waals surface area contributed by atoms with E-state index in [4.69, 9.17) is 0 Å². The summed E-state index contributed by atoms with van der Waals surface area (Å²) < 4.78 is 1.84. The Labute approximate surface area is 125 Å². The quantitative estimate of drug-likeness (QED) is 0.867. The molecule has 0 aliphatic carbocycles. The van der Waals surface area contributed by atoms with Crippen LogP contribution in [-0.2, 0) is 19.0 Å². The molecular formula is C17H20N4. The molecule has 2 aromatic rings. The monoisotopic (exact) mass is 280 g/mol. The van der Waals surface area contributed by atoms with Gasteiger partial charge in [-0.2, -0.15) is 10.4 Å². The molecule has 1 aliphatic heterocycles. The number of hydrogen-bond acceptors (Lipinski definition) is 3. The predicted octanol–water partition coefficient (Wildman–Crippen LogP) is 2.48. The van der Waals surface area contributed by atoms with E-state index in [2.05, 4.69) is 34.4 Å². The minimum Gasteiger partial charge on any atom is -0.299 e. The van der Waals surface area contributed by atoms with Crippen LogP contribution in [-0.4, -0.2) is 27.8 Å². The highest BCUT2D eigenvalue weighted by Crippen LogP contribution is 2.35. The second-order valence-corrected chi connectivity index (χ2v) is 5.86. The van der Waals surface area contributed by atoms with Crippen molar-refractivity contribution in [1.82, 2.24) is 14.7 Å². The average molecular weight is 280 g/mol. The fourth-order valence-corrected chi connectivity index (χ4v) is 3.13.